The Bertz CT molecular complexity index is 342. The fraction of sp³-hybridized carbons (Fsp3) is 0.722. The number of pyridine rings is 1. The molecule has 0 unspecified atom stereocenters. The lowest BCUT2D eigenvalue weighted by molar-refractivity contribution is -0.0754. The highest BCUT2D eigenvalue weighted by atomic mass is 16.5. The molecule has 2 nitrogen and oxygen atoms in total. The zero-order valence-electron chi connectivity index (χ0n) is 13.7. The van der Waals surface area contributed by atoms with Crippen LogP contribution >= 0.6 is 0 Å². The van der Waals surface area contributed by atoms with Crippen LogP contribution in [0.1, 0.15) is 77.8 Å². The van der Waals surface area contributed by atoms with E-state index >= 15 is 0 Å². The smallest absolute Gasteiger partial charge is 0.0680 e. The van der Waals surface area contributed by atoms with E-state index in [1.54, 1.807) is 0 Å². The van der Waals surface area contributed by atoms with Crippen LogP contribution in [0.2, 0.25) is 0 Å². The average Bonchev–Trinajstić information content (AvgIpc) is 2.56. The lowest BCUT2D eigenvalue weighted by atomic mass is 9.76. The molecule has 0 spiro atoms. The van der Waals surface area contributed by atoms with Crippen LogP contribution in [0.5, 0.6) is 0 Å². The molecule has 0 N–H and O–H groups in total. The van der Waals surface area contributed by atoms with Crippen molar-refractivity contribution < 1.29 is 4.74 Å². The first-order valence-corrected chi connectivity index (χ1v) is 8.34. The fourth-order valence-corrected chi connectivity index (χ4v) is 2.98. The van der Waals surface area contributed by atoms with E-state index in [4.69, 9.17) is 4.74 Å². The lowest BCUT2D eigenvalue weighted by Gasteiger charge is -2.39. The normalized spacial score (nSPS) is 25.7. The quantitative estimate of drug-likeness (QED) is 0.724. The van der Waals surface area contributed by atoms with E-state index in [-0.39, 0.29) is 5.60 Å². The van der Waals surface area contributed by atoms with Gasteiger partial charge in [0.1, 0.15) is 0 Å². The van der Waals surface area contributed by atoms with Gasteiger partial charge in [0.15, 0.2) is 0 Å². The average molecular weight is 277 g/mol. The first-order valence-electron chi connectivity index (χ1n) is 8.34. The molecule has 0 bridgehead atoms. The standard InChI is InChI=1S/C16H25NO.C2H6/c1-3-13-18-16(4-2)10-8-14(9-11-16)15-7-5-6-12-17-15;1-2/h5-7,12,14H,3-4,8-11,13H2,1-2H3;1-2H3. The third-order valence-electron chi connectivity index (χ3n) is 4.26. The Morgan fingerprint density at radius 2 is 1.90 bits per heavy atom. The number of rotatable bonds is 5. The molecular weight excluding hydrogens is 246 g/mol. The second-order valence-corrected chi connectivity index (χ2v) is 5.41. The monoisotopic (exact) mass is 277 g/mol. The van der Waals surface area contributed by atoms with Crippen LogP contribution in [0.15, 0.2) is 24.4 Å². The molecule has 0 aliphatic heterocycles. The molecular formula is C18H31NO. The Morgan fingerprint density at radius 1 is 1.20 bits per heavy atom. The highest BCUT2D eigenvalue weighted by Gasteiger charge is 2.35. The summed E-state index contributed by atoms with van der Waals surface area (Å²) in [6, 6.07) is 6.25. The highest BCUT2D eigenvalue weighted by molar-refractivity contribution is 5.11. The van der Waals surface area contributed by atoms with Gasteiger partial charge in [-0.25, -0.2) is 0 Å². The van der Waals surface area contributed by atoms with Gasteiger partial charge in [0, 0.05) is 24.4 Å². The van der Waals surface area contributed by atoms with Crippen LogP contribution in [-0.4, -0.2) is 17.2 Å². The molecule has 1 aromatic heterocycles. The zero-order valence-corrected chi connectivity index (χ0v) is 13.7. The van der Waals surface area contributed by atoms with E-state index < -0.39 is 0 Å². The molecule has 2 heteroatoms. The van der Waals surface area contributed by atoms with Crippen molar-refractivity contribution in [2.24, 2.45) is 0 Å². The summed E-state index contributed by atoms with van der Waals surface area (Å²) in [5, 5.41) is 0. The number of hydrogen-bond donors (Lipinski definition) is 0. The maximum Gasteiger partial charge on any atom is 0.0680 e. The van der Waals surface area contributed by atoms with Crippen LogP contribution < -0.4 is 0 Å². The predicted molar refractivity (Wildman–Crippen MR) is 86.1 cm³/mol. The third kappa shape index (κ3) is 4.59. The van der Waals surface area contributed by atoms with E-state index in [0.717, 1.165) is 19.4 Å². The molecule has 1 saturated carbocycles. The van der Waals surface area contributed by atoms with Crippen molar-refractivity contribution in [2.75, 3.05) is 6.61 Å². The van der Waals surface area contributed by atoms with Crippen molar-refractivity contribution in [1.29, 1.82) is 0 Å². The summed E-state index contributed by atoms with van der Waals surface area (Å²) < 4.78 is 6.13. The van der Waals surface area contributed by atoms with Gasteiger partial charge < -0.3 is 4.74 Å². The van der Waals surface area contributed by atoms with Gasteiger partial charge in [-0.05, 0) is 50.7 Å². The number of nitrogens with zero attached hydrogens (tertiary/aromatic N) is 1. The third-order valence-corrected chi connectivity index (χ3v) is 4.26. The van der Waals surface area contributed by atoms with E-state index in [1.165, 1.54) is 31.4 Å². The van der Waals surface area contributed by atoms with Crippen LogP contribution in [0.3, 0.4) is 0 Å². The molecule has 1 fully saturated rings. The first kappa shape index (κ1) is 17.2. The minimum Gasteiger partial charge on any atom is -0.375 e. The number of aromatic nitrogens is 1. The predicted octanol–water partition coefficient (Wildman–Crippen LogP) is 5.34. The van der Waals surface area contributed by atoms with Crippen LogP contribution in [0.4, 0.5) is 0 Å². The van der Waals surface area contributed by atoms with Gasteiger partial charge in [0.25, 0.3) is 0 Å². The fourth-order valence-electron chi connectivity index (χ4n) is 2.98. The first-order chi connectivity index (χ1) is 9.79. The molecule has 114 valence electrons. The van der Waals surface area contributed by atoms with Crippen LogP contribution in [0.25, 0.3) is 0 Å². The minimum absolute atomic E-state index is 0.154. The van der Waals surface area contributed by atoms with Gasteiger partial charge in [0.2, 0.25) is 0 Å². The highest BCUT2D eigenvalue weighted by Crippen LogP contribution is 2.41. The SMILES string of the molecule is CC.CCCOC1(CC)CCC(c2ccccn2)CC1. The summed E-state index contributed by atoms with van der Waals surface area (Å²) in [4.78, 5) is 4.50. The number of ether oxygens (including phenoxy) is 1. The molecule has 2 rings (SSSR count). The summed E-state index contributed by atoms with van der Waals surface area (Å²) in [5.41, 5.74) is 1.42. The van der Waals surface area contributed by atoms with Gasteiger partial charge >= 0.3 is 0 Å². The van der Waals surface area contributed by atoms with Crippen molar-refractivity contribution in [3.05, 3.63) is 30.1 Å². The topological polar surface area (TPSA) is 22.1 Å². The van der Waals surface area contributed by atoms with Crippen molar-refractivity contribution in [1.82, 2.24) is 4.98 Å². The molecule has 0 aromatic carbocycles. The van der Waals surface area contributed by atoms with Gasteiger partial charge in [-0.15, -0.1) is 0 Å². The summed E-state index contributed by atoms with van der Waals surface area (Å²) in [6.07, 6.45) is 8.97. The minimum atomic E-state index is 0.154. The van der Waals surface area contributed by atoms with Gasteiger partial charge in [-0.1, -0.05) is 33.8 Å². The molecule has 1 aliphatic rings. The van der Waals surface area contributed by atoms with Crippen molar-refractivity contribution >= 4 is 0 Å². The Kier molecular flexibility index (Phi) is 7.83. The Morgan fingerprint density at radius 3 is 2.40 bits per heavy atom. The zero-order chi connectivity index (χ0) is 14.8. The van der Waals surface area contributed by atoms with Crippen molar-refractivity contribution in [2.45, 2.75) is 77.7 Å². The van der Waals surface area contributed by atoms with E-state index in [2.05, 4.69) is 31.0 Å². The lowest BCUT2D eigenvalue weighted by Crippen LogP contribution is -2.36. The largest absolute Gasteiger partial charge is 0.375 e. The maximum absolute atomic E-state index is 6.13. The summed E-state index contributed by atoms with van der Waals surface area (Å²) in [5.74, 6) is 0.635. The van der Waals surface area contributed by atoms with Gasteiger partial charge in [0.05, 0.1) is 5.60 Å². The summed E-state index contributed by atoms with van der Waals surface area (Å²) >= 11 is 0. The Hall–Kier alpha value is -0.890. The van der Waals surface area contributed by atoms with E-state index in [9.17, 15) is 0 Å². The molecule has 1 heterocycles. The molecule has 0 saturated heterocycles. The van der Waals surface area contributed by atoms with Gasteiger partial charge in [-0.3, -0.25) is 4.98 Å². The molecule has 1 aromatic rings. The molecule has 0 amide bonds. The van der Waals surface area contributed by atoms with Crippen LogP contribution in [0, 0.1) is 0 Å². The molecule has 0 atom stereocenters. The molecule has 1 aliphatic carbocycles. The van der Waals surface area contributed by atoms with Crippen molar-refractivity contribution in [3.8, 4) is 0 Å². The molecule has 0 radical (unpaired) electrons. The number of hydrogen-bond acceptors (Lipinski definition) is 2. The van der Waals surface area contributed by atoms with Crippen molar-refractivity contribution in [3.63, 3.8) is 0 Å². The van der Waals surface area contributed by atoms with E-state index in [1.807, 2.05) is 26.1 Å². The Labute approximate surface area is 125 Å². The Balaban J connectivity index is 0.000000956. The summed E-state index contributed by atoms with van der Waals surface area (Å²) in [6.45, 7) is 9.35. The maximum atomic E-state index is 6.13. The second-order valence-electron chi connectivity index (χ2n) is 5.41. The molecule has 20 heavy (non-hydrogen) atoms. The van der Waals surface area contributed by atoms with E-state index in [0.29, 0.717) is 5.92 Å². The van der Waals surface area contributed by atoms with Crippen LogP contribution in [-0.2, 0) is 4.74 Å². The second kappa shape index (κ2) is 9.12. The van der Waals surface area contributed by atoms with Gasteiger partial charge in [-0.2, -0.15) is 0 Å². The summed E-state index contributed by atoms with van der Waals surface area (Å²) in [7, 11) is 0.